The Morgan fingerprint density at radius 3 is 2.53 bits per heavy atom. The second-order valence-electron chi connectivity index (χ2n) is 10.9. The van der Waals surface area contributed by atoms with Crippen LogP contribution in [0.3, 0.4) is 0 Å². The van der Waals surface area contributed by atoms with E-state index in [1.165, 1.54) is 33.3 Å². The third-order valence-electron chi connectivity index (χ3n) is 7.44. The van der Waals surface area contributed by atoms with Gasteiger partial charge in [0.2, 0.25) is 5.91 Å². The van der Waals surface area contributed by atoms with Gasteiger partial charge in [0.25, 0.3) is 0 Å². The van der Waals surface area contributed by atoms with Gasteiger partial charge in [-0.05, 0) is 114 Å². The number of hydrogen-bond donors (Lipinski definition) is 3. The maximum Gasteiger partial charge on any atom is 0.233 e. The number of H-pyrrole nitrogens is 1. The standard InChI is InChI=1S/C32H42N4OS/c1-6-9-24(10-13-33)11-14-34-15-12-26-27-21-28(32(4,5)31(37)36-16-7-8-17-36)38-30(27)35-29(26)25-19-22(2)18-23(3)20-25/h6,9-10,13,18-21,34-35H,1,7-8,11-12,14-17,33H2,2-5H3/b13-10-,24-9+. The lowest BCUT2D eigenvalue weighted by molar-refractivity contribution is -0.135. The van der Waals surface area contributed by atoms with Crippen LogP contribution in [-0.4, -0.2) is 42.0 Å². The summed E-state index contributed by atoms with van der Waals surface area (Å²) in [5.41, 5.74) is 12.4. The summed E-state index contributed by atoms with van der Waals surface area (Å²) in [5, 5.41) is 4.85. The van der Waals surface area contributed by atoms with E-state index >= 15 is 0 Å². The van der Waals surface area contributed by atoms with Crippen molar-refractivity contribution in [1.82, 2.24) is 15.2 Å². The first kappa shape index (κ1) is 27.9. The highest BCUT2D eigenvalue weighted by molar-refractivity contribution is 7.19. The first-order chi connectivity index (χ1) is 18.2. The topological polar surface area (TPSA) is 74.1 Å². The molecule has 4 rings (SSSR count). The number of nitrogens with one attached hydrogen (secondary N) is 2. The number of aromatic amines is 1. The molecule has 3 heterocycles. The molecule has 1 aliphatic heterocycles. The van der Waals surface area contributed by atoms with E-state index in [-0.39, 0.29) is 5.91 Å². The Labute approximate surface area is 231 Å². The molecule has 202 valence electrons. The van der Waals surface area contributed by atoms with Crippen LogP contribution >= 0.6 is 11.3 Å². The van der Waals surface area contributed by atoms with Gasteiger partial charge in [-0.15, -0.1) is 11.3 Å². The van der Waals surface area contributed by atoms with Gasteiger partial charge in [0.15, 0.2) is 0 Å². The van der Waals surface area contributed by atoms with Crippen molar-refractivity contribution in [2.75, 3.05) is 26.2 Å². The van der Waals surface area contributed by atoms with Gasteiger partial charge in [-0.25, -0.2) is 0 Å². The zero-order valence-corrected chi connectivity index (χ0v) is 24.1. The molecular weight excluding hydrogens is 488 g/mol. The van der Waals surface area contributed by atoms with E-state index in [9.17, 15) is 4.79 Å². The summed E-state index contributed by atoms with van der Waals surface area (Å²) in [5.74, 6) is 0.242. The number of fused-ring (bicyclic) bond motifs is 1. The average Bonchev–Trinajstić information content (AvgIpc) is 3.60. The Kier molecular flexibility index (Phi) is 8.95. The van der Waals surface area contributed by atoms with Gasteiger partial charge >= 0.3 is 0 Å². The first-order valence-electron chi connectivity index (χ1n) is 13.7. The fourth-order valence-electron chi connectivity index (χ4n) is 5.45. The molecule has 0 aliphatic carbocycles. The van der Waals surface area contributed by atoms with Gasteiger partial charge < -0.3 is 20.9 Å². The third-order valence-corrected chi connectivity index (χ3v) is 8.81. The number of amides is 1. The Morgan fingerprint density at radius 1 is 1.16 bits per heavy atom. The highest BCUT2D eigenvalue weighted by Crippen LogP contribution is 2.41. The minimum absolute atomic E-state index is 0.242. The number of benzene rings is 1. The Hall–Kier alpha value is -3.09. The van der Waals surface area contributed by atoms with Crippen molar-refractivity contribution in [1.29, 1.82) is 0 Å². The van der Waals surface area contributed by atoms with Crippen LogP contribution in [0, 0.1) is 13.8 Å². The molecule has 38 heavy (non-hydrogen) atoms. The molecule has 6 heteroatoms. The van der Waals surface area contributed by atoms with Gasteiger partial charge in [-0.2, -0.15) is 0 Å². The number of hydrogen-bond acceptors (Lipinski definition) is 4. The highest BCUT2D eigenvalue weighted by Gasteiger charge is 2.36. The van der Waals surface area contributed by atoms with Crippen molar-refractivity contribution >= 4 is 27.5 Å². The molecule has 0 saturated carbocycles. The van der Waals surface area contributed by atoms with Crippen LogP contribution < -0.4 is 11.1 Å². The molecule has 2 aromatic heterocycles. The van der Waals surface area contributed by atoms with Crippen LogP contribution in [0.4, 0.5) is 0 Å². The molecule has 0 bridgehead atoms. The summed E-state index contributed by atoms with van der Waals surface area (Å²) in [4.78, 5) is 21.5. The van der Waals surface area contributed by atoms with Crippen molar-refractivity contribution in [2.24, 2.45) is 5.73 Å². The minimum atomic E-state index is -0.533. The number of rotatable bonds is 11. The zero-order valence-electron chi connectivity index (χ0n) is 23.3. The van der Waals surface area contributed by atoms with E-state index in [0.29, 0.717) is 0 Å². The van der Waals surface area contributed by atoms with Crippen molar-refractivity contribution in [2.45, 2.75) is 58.8 Å². The smallest absolute Gasteiger partial charge is 0.233 e. The molecule has 0 atom stereocenters. The second-order valence-corrected chi connectivity index (χ2v) is 12.0. The summed E-state index contributed by atoms with van der Waals surface area (Å²) >= 11 is 1.73. The van der Waals surface area contributed by atoms with Crippen LogP contribution in [0.2, 0.25) is 0 Å². The second kappa shape index (κ2) is 12.2. The van der Waals surface area contributed by atoms with Gasteiger partial charge in [-0.1, -0.05) is 35.9 Å². The number of aromatic nitrogens is 1. The molecule has 1 amide bonds. The molecule has 0 radical (unpaired) electrons. The van der Waals surface area contributed by atoms with Crippen LogP contribution in [0.25, 0.3) is 21.5 Å². The lowest BCUT2D eigenvalue weighted by Crippen LogP contribution is -2.41. The fourth-order valence-corrected chi connectivity index (χ4v) is 6.64. The maximum absolute atomic E-state index is 13.4. The largest absolute Gasteiger partial charge is 0.405 e. The quantitative estimate of drug-likeness (QED) is 0.195. The lowest BCUT2D eigenvalue weighted by atomic mass is 9.89. The van der Waals surface area contributed by atoms with E-state index < -0.39 is 5.41 Å². The number of thiophene rings is 1. The van der Waals surface area contributed by atoms with E-state index in [2.05, 4.69) is 68.8 Å². The Bertz CT molecular complexity index is 1330. The maximum atomic E-state index is 13.4. The van der Waals surface area contributed by atoms with Crippen LogP contribution in [0.15, 0.2) is 60.8 Å². The SMILES string of the molecule is C=C/C=C(\C=C/N)CCNCCc1c(-c2cc(C)cc(C)c2)[nH]c2sc(C(C)(C)C(=O)N3CCCC3)cc12. The average molecular weight is 531 g/mol. The molecular formula is C32H42N4OS. The monoisotopic (exact) mass is 530 g/mol. The van der Waals surface area contributed by atoms with Gasteiger partial charge in [0, 0.05) is 23.4 Å². The van der Waals surface area contributed by atoms with Gasteiger partial charge in [-0.3, -0.25) is 4.79 Å². The van der Waals surface area contributed by atoms with Crippen LogP contribution in [0.1, 0.15) is 54.7 Å². The Balaban J connectivity index is 1.61. The molecule has 5 nitrogen and oxygen atoms in total. The minimum Gasteiger partial charge on any atom is -0.405 e. The lowest BCUT2D eigenvalue weighted by Gasteiger charge is -2.28. The predicted molar refractivity (Wildman–Crippen MR) is 163 cm³/mol. The van der Waals surface area contributed by atoms with E-state index in [4.69, 9.17) is 5.73 Å². The number of allylic oxidation sites excluding steroid dienone is 3. The van der Waals surface area contributed by atoms with Crippen molar-refractivity contribution < 1.29 is 4.79 Å². The van der Waals surface area contributed by atoms with E-state index in [1.807, 2.05) is 17.1 Å². The van der Waals surface area contributed by atoms with Gasteiger partial charge in [0.05, 0.1) is 11.1 Å². The number of aryl methyl sites for hydroxylation is 2. The number of likely N-dealkylation sites (tertiary alicyclic amines) is 1. The number of carbonyl (C=O) groups excluding carboxylic acids is 1. The fraction of sp³-hybridized carbons (Fsp3) is 0.406. The highest BCUT2D eigenvalue weighted by atomic mass is 32.1. The molecule has 1 aliphatic rings. The molecule has 1 aromatic carbocycles. The third kappa shape index (κ3) is 6.13. The molecule has 1 saturated heterocycles. The normalized spacial score (nSPS) is 14.7. The summed E-state index contributed by atoms with van der Waals surface area (Å²) in [6.07, 6.45) is 11.3. The molecule has 0 spiro atoms. The summed E-state index contributed by atoms with van der Waals surface area (Å²) in [6, 6.07) is 8.99. The summed E-state index contributed by atoms with van der Waals surface area (Å²) in [6.45, 7) is 15.7. The number of nitrogens with zero attached hydrogens (tertiary/aromatic N) is 1. The van der Waals surface area contributed by atoms with Gasteiger partial charge in [0.1, 0.15) is 4.83 Å². The van der Waals surface area contributed by atoms with E-state index in [1.54, 1.807) is 23.6 Å². The summed E-state index contributed by atoms with van der Waals surface area (Å²) in [7, 11) is 0. The number of carbonyl (C=O) groups is 1. The summed E-state index contributed by atoms with van der Waals surface area (Å²) < 4.78 is 0. The Morgan fingerprint density at radius 2 is 1.87 bits per heavy atom. The zero-order chi connectivity index (χ0) is 27.3. The van der Waals surface area contributed by atoms with Crippen molar-refractivity contribution in [3.8, 4) is 11.3 Å². The van der Waals surface area contributed by atoms with Crippen LogP contribution in [0.5, 0.6) is 0 Å². The van der Waals surface area contributed by atoms with E-state index in [0.717, 1.165) is 67.1 Å². The molecule has 3 aromatic rings. The molecule has 0 unspecified atom stereocenters. The van der Waals surface area contributed by atoms with Crippen LogP contribution in [-0.2, 0) is 16.6 Å². The molecule has 4 N–H and O–H groups in total. The first-order valence-corrected chi connectivity index (χ1v) is 14.5. The molecule has 1 fully saturated rings. The van der Waals surface area contributed by atoms with Crippen molar-refractivity contribution in [3.63, 3.8) is 0 Å². The predicted octanol–water partition coefficient (Wildman–Crippen LogP) is 6.52. The number of nitrogens with two attached hydrogens (primary N) is 1. The van der Waals surface area contributed by atoms with Crippen molar-refractivity contribution in [3.05, 3.63) is 82.4 Å².